The summed E-state index contributed by atoms with van der Waals surface area (Å²) in [5.74, 6) is -0.666. The predicted molar refractivity (Wildman–Crippen MR) is 101 cm³/mol. The molecule has 1 N–H and O–H groups in total. The maximum absolute atomic E-state index is 14.1. The number of aliphatic carboxylic acids is 1. The second-order valence-corrected chi connectivity index (χ2v) is 6.67. The van der Waals surface area contributed by atoms with Gasteiger partial charge in [-0.2, -0.15) is 0 Å². The Balaban J connectivity index is 0.00000280. The van der Waals surface area contributed by atoms with Gasteiger partial charge in [-0.1, -0.05) is 19.1 Å². The van der Waals surface area contributed by atoms with Crippen LogP contribution < -0.4 is 49.6 Å². The molecule has 1 aliphatic rings. The van der Waals surface area contributed by atoms with E-state index >= 15 is 0 Å². The Bertz CT molecular complexity index is 816. The number of nitrogens with one attached hydrogen (secondary N) is 1. The number of ether oxygens (including phenoxy) is 1. The van der Waals surface area contributed by atoms with Gasteiger partial charge in [0.2, 0.25) is 0 Å². The molecule has 0 amide bonds. The molecule has 0 bridgehead atoms. The molecule has 0 saturated carbocycles. The van der Waals surface area contributed by atoms with Crippen LogP contribution >= 0.6 is 0 Å². The number of nitrogens with zero attached hydrogens (tertiary/aromatic N) is 1. The van der Waals surface area contributed by atoms with Crippen LogP contribution in [-0.2, 0) is 17.8 Å². The third kappa shape index (κ3) is 5.87. The maximum Gasteiger partial charge on any atom is 1.00 e. The van der Waals surface area contributed by atoms with E-state index in [9.17, 15) is 14.3 Å². The van der Waals surface area contributed by atoms with Crippen molar-refractivity contribution in [1.29, 1.82) is 0 Å². The molecule has 2 aromatic rings. The maximum atomic E-state index is 14.1. The molecule has 0 fully saturated rings. The van der Waals surface area contributed by atoms with E-state index in [1.807, 2.05) is 18.2 Å². The summed E-state index contributed by atoms with van der Waals surface area (Å²) in [6.45, 7) is 5.19. The summed E-state index contributed by atoms with van der Waals surface area (Å²) < 4.78 is 19.8. The van der Waals surface area contributed by atoms with E-state index in [0.29, 0.717) is 18.7 Å². The van der Waals surface area contributed by atoms with Crippen molar-refractivity contribution in [2.24, 2.45) is 0 Å². The average Bonchev–Trinajstić information content (AvgIpc) is 2.66. The molecule has 0 aromatic heterocycles. The second-order valence-electron chi connectivity index (χ2n) is 6.67. The Kier molecular flexibility index (Phi) is 8.60. The normalized spacial score (nSPS) is 12.6. The summed E-state index contributed by atoms with van der Waals surface area (Å²) >= 11 is 0. The molecule has 7 heteroatoms. The smallest absolute Gasteiger partial charge is 0.550 e. The minimum atomic E-state index is -1.17. The molecular formula is C21H24FN2NaO3. The number of anilines is 2. The Hall–Kier alpha value is -1.76. The summed E-state index contributed by atoms with van der Waals surface area (Å²) in [6, 6.07) is 10.9. The fourth-order valence-electron chi connectivity index (χ4n) is 3.23. The van der Waals surface area contributed by atoms with Crippen molar-refractivity contribution in [1.82, 2.24) is 0 Å². The average molecular weight is 394 g/mol. The third-order valence-electron chi connectivity index (χ3n) is 4.62. The standard InChI is InChI=1S/C21H25FN2O3.Na/c1-2-9-24-10-11-27-20-7-6-17(13-19(20)24)23-14-15-3-4-16(18(22)12-15)5-8-21(25)26;/h3-4,6-7,12-13,23H,2,5,8-11,14H2,1H3,(H,25,26);/q;+1/p-1. The van der Waals surface area contributed by atoms with E-state index in [-0.39, 0.29) is 48.2 Å². The monoisotopic (exact) mass is 394 g/mol. The van der Waals surface area contributed by atoms with Crippen LogP contribution in [-0.4, -0.2) is 25.7 Å². The Morgan fingerprint density at radius 1 is 1.29 bits per heavy atom. The number of benzene rings is 2. The Morgan fingerprint density at radius 2 is 2.11 bits per heavy atom. The van der Waals surface area contributed by atoms with Gasteiger partial charge in [-0.05, 0) is 54.7 Å². The minimum Gasteiger partial charge on any atom is -0.550 e. The van der Waals surface area contributed by atoms with E-state index < -0.39 is 5.97 Å². The molecule has 0 atom stereocenters. The zero-order chi connectivity index (χ0) is 19.2. The summed E-state index contributed by atoms with van der Waals surface area (Å²) in [5, 5.41) is 13.8. The fourth-order valence-corrected chi connectivity index (χ4v) is 3.23. The van der Waals surface area contributed by atoms with Crippen molar-refractivity contribution < 1.29 is 48.6 Å². The number of carbonyl (C=O) groups is 1. The number of carboxylic acid groups (broad SMARTS) is 1. The van der Waals surface area contributed by atoms with Crippen LogP contribution in [0, 0.1) is 5.82 Å². The Labute approximate surface area is 187 Å². The quantitative estimate of drug-likeness (QED) is 0.625. The number of hydrogen-bond acceptors (Lipinski definition) is 5. The first kappa shape index (κ1) is 22.5. The number of halogens is 1. The molecule has 0 aliphatic carbocycles. The molecule has 28 heavy (non-hydrogen) atoms. The SMILES string of the molecule is CCCN1CCOc2ccc(NCc3ccc(CCC(=O)[O-])c(F)c3)cc21.[Na+]. The van der Waals surface area contributed by atoms with Crippen molar-refractivity contribution in [3.8, 4) is 5.75 Å². The van der Waals surface area contributed by atoms with Gasteiger partial charge in [0.25, 0.3) is 0 Å². The van der Waals surface area contributed by atoms with Crippen molar-refractivity contribution >= 4 is 17.3 Å². The van der Waals surface area contributed by atoms with Gasteiger partial charge in [-0.25, -0.2) is 4.39 Å². The van der Waals surface area contributed by atoms with Crippen LogP contribution in [0.5, 0.6) is 5.75 Å². The van der Waals surface area contributed by atoms with E-state index in [1.54, 1.807) is 6.07 Å². The van der Waals surface area contributed by atoms with Gasteiger partial charge in [0.1, 0.15) is 18.2 Å². The number of carbonyl (C=O) groups excluding carboxylic acids is 1. The first-order valence-electron chi connectivity index (χ1n) is 9.29. The van der Waals surface area contributed by atoms with Crippen LogP contribution in [0.25, 0.3) is 0 Å². The molecule has 0 saturated heterocycles. The van der Waals surface area contributed by atoms with Crippen LogP contribution in [0.4, 0.5) is 15.8 Å². The predicted octanol–water partition coefficient (Wildman–Crippen LogP) is -0.267. The molecule has 0 unspecified atom stereocenters. The summed E-state index contributed by atoms with van der Waals surface area (Å²) in [7, 11) is 0. The number of aryl methyl sites for hydroxylation is 1. The Morgan fingerprint density at radius 3 is 2.82 bits per heavy atom. The molecule has 1 heterocycles. The van der Waals surface area contributed by atoms with Crippen LogP contribution in [0.3, 0.4) is 0 Å². The molecule has 3 rings (SSSR count). The van der Waals surface area contributed by atoms with Gasteiger partial charge in [-0.3, -0.25) is 0 Å². The molecule has 0 spiro atoms. The van der Waals surface area contributed by atoms with Gasteiger partial charge in [0.05, 0.1) is 12.2 Å². The second kappa shape index (κ2) is 10.7. The van der Waals surface area contributed by atoms with Crippen molar-refractivity contribution in [3.63, 3.8) is 0 Å². The first-order chi connectivity index (χ1) is 13.1. The molecule has 1 aliphatic heterocycles. The summed E-state index contributed by atoms with van der Waals surface area (Å²) in [6.07, 6.45) is 1.03. The zero-order valence-electron chi connectivity index (χ0n) is 16.5. The third-order valence-corrected chi connectivity index (χ3v) is 4.62. The van der Waals surface area contributed by atoms with Crippen molar-refractivity contribution in [3.05, 3.63) is 53.3 Å². The van der Waals surface area contributed by atoms with Crippen LogP contribution in [0.2, 0.25) is 0 Å². The fraction of sp³-hybridized carbons (Fsp3) is 0.381. The van der Waals surface area contributed by atoms with Crippen LogP contribution in [0.1, 0.15) is 30.9 Å². The van der Waals surface area contributed by atoms with Gasteiger partial charge in [-0.15, -0.1) is 0 Å². The number of carboxylic acids is 1. The van der Waals surface area contributed by atoms with Crippen molar-refractivity contribution in [2.45, 2.75) is 32.7 Å². The first-order valence-corrected chi connectivity index (χ1v) is 9.29. The molecule has 144 valence electrons. The van der Waals surface area contributed by atoms with Crippen molar-refractivity contribution in [2.75, 3.05) is 29.9 Å². The van der Waals surface area contributed by atoms with Gasteiger partial charge in [0.15, 0.2) is 0 Å². The van der Waals surface area contributed by atoms with Gasteiger partial charge in [0, 0.05) is 24.7 Å². The largest absolute Gasteiger partial charge is 1.00 e. The van der Waals surface area contributed by atoms with E-state index in [4.69, 9.17) is 4.74 Å². The van der Waals surface area contributed by atoms with E-state index in [1.165, 1.54) is 6.07 Å². The number of rotatable bonds is 8. The molecule has 2 aromatic carbocycles. The molecular weight excluding hydrogens is 370 g/mol. The van der Waals surface area contributed by atoms with E-state index in [0.717, 1.165) is 42.2 Å². The molecule has 0 radical (unpaired) electrons. The summed E-state index contributed by atoms with van der Waals surface area (Å²) in [5.41, 5.74) is 3.21. The topological polar surface area (TPSA) is 64.6 Å². The summed E-state index contributed by atoms with van der Waals surface area (Å²) in [4.78, 5) is 12.8. The zero-order valence-corrected chi connectivity index (χ0v) is 18.5. The number of hydrogen-bond donors (Lipinski definition) is 1. The molecule has 5 nitrogen and oxygen atoms in total. The van der Waals surface area contributed by atoms with E-state index in [2.05, 4.69) is 23.2 Å². The van der Waals surface area contributed by atoms with Gasteiger partial charge < -0.3 is 24.9 Å². The van der Waals surface area contributed by atoms with Crippen LogP contribution in [0.15, 0.2) is 36.4 Å². The van der Waals surface area contributed by atoms with Gasteiger partial charge >= 0.3 is 29.6 Å². The minimum absolute atomic E-state index is 0. The number of fused-ring (bicyclic) bond motifs is 1.